The van der Waals surface area contributed by atoms with Crippen LogP contribution in [0, 0.1) is 6.92 Å². The summed E-state index contributed by atoms with van der Waals surface area (Å²) in [6, 6.07) is 3.69. The van der Waals surface area contributed by atoms with Gasteiger partial charge in [0.2, 0.25) is 0 Å². The van der Waals surface area contributed by atoms with Crippen molar-refractivity contribution in [3.05, 3.63) is 47.7 Å². The Kier molecular flexibility index (Phi) is 4.39. The molecule has 114 valence electrons. The Labute approximate surface area is 129 Å². The molecular formula is C16H19N5O. The quantitative estimate of drug-likeness (QED) is 0.904. The predicted molar refractivity (Wildman–Crippen MR) is 83.8 cm³/mol. The highest BCUT2D eigenvalue weighted by Crippen LogP contribution is 2.20. The average Bonchev–Trinajstić information content (AvgIpc) is 2.56. The lowest BCUT2D eigenvalue weighted by molar-refractivity contribution is 0.102. The van der Waals surface area contributed by atoms with Crippen LogP contribution in [0.4, 0.5) is 5.82 Å². The Hall–Kier alpha value is -2.34. The minimum absolute atomic E-state index is 0.293. The van der Waals surface area contributed by atoms with Crippen molar-refractivity contribution in [2.75, 3.05) is 18.4 Å². The number of hydrogen-bond donors (Lipinski definition) is 2. The second kappa shape index (κ2) is 6.62. The third kappa shape index (κ3) is 3.46. The largest absolute Gasteiger partial charge is 0.316 e. The van der Waals surface area contributed by atoms with Crippen LogP contribution >= 0.6 is 0 Å². The van der Waals surface area contributed by atoms with Crippen LogP contribution in [-0.4, -0.2) is 33.9 Å². The van der Waals surface area contributed by atoms with Crippen LogP contribution in [0.5, 0.6) is 0 Å². The van der Waals surface area contributed by atoms with E-state index in [4.69, 9.17) is 0 Å². The van der Waals surface area contributed by atoms with Gasteiger partial charge in [-0.2, -0.15) is 0 Å². The number of amides is 1. The number of hydrogen-bond acceptors (Lipinski definition) is 5. The monoisotopic (exact) mass is 297 g/mol. The van der Waals surface area contributed by atoms with Gasteiger partial charge in [0, 0.05) is 24.9 Å². The zero-order valence-electron chi connectivity index (χ0n) is 12.5. The van der Waals surface area contributed by atoms with Crippen molar-refractivity contribution in [1.29, 1.82) is 0 Å². The highest BCUT2D eigenvalue weighted by molar-refractivity contribution is 6.02. The Morgan fingerprint density at radius 2 is 2.23 bits per heavy atom. The van der Waals surface area contributed by atoms with Crippen molar-refractivity contribution in [2.45, 2.75) is 25.7 Å². The van der Waals surface area contributed by atoms with Gasteiger partial charge in [-0.3, -0.25) is 9.78 Å². The molecule has 0 saturated carbocycles. The van der Waals surface area contributed by atoms with Crippen molar-refractivity contribution in [1.82, 2.24) is 20.3 Å². The molecule has 0 unspecified atom stereocenters. The minimum atomic E-state index is -0.293. The van der Waals surface area contributed by atoms with Gasteiger partial charge in [0.15, 0.2) is 0 Å². The fourth-order valence-electron chi connectivity index (χ4n) is 2.56. The second-order valence-electron chi connectivity index (χ2n) is 5.54. The first kappa shape index (κ1) is 14.6. The van der Waals surface area contributed by atoms with E-state index in [1.807, 2.05) is 19.1 Å². The maximum atomic E-state index is 12.1. The van der Waals surface area contributed by atoms with E-state index in [-0.39, 0.29) is 5.91 Å². The Morgan fingerprint density at radius 3 is 2.91 bits per heavy atom. The Bertz CT molecular complexity index is 650. The van der Waals surface area contributed by atoms with E-state index in [1.165, 1.54) is 6.20 Å². The molecular weight excluding hydrogens is 278 g/mol. The van der Waals surface area contributed by atoms with Gasteiger partial charge >= 0.3 is 0 Å². The minimum Gasteiger partial charge on any atom is -0.316 e. The first-order valence-electron chi connectivity index (χ1n) is 7.49. The molecule has 2 aromatic rings. The van der Waals surface area contributed by atoms with Gasteiger partial charge in [0.25, 0.3) is 5.91 Å². The second-order valence-corrected chi connectivity index (χ2v) is 5.54. The molecule has 22 heavy (non-hydrogen) atoms. The zero-order valence-corrected chi connectivity index (χ0v) is 12.5. The number of rotatable bonds is 3. The maximum Gasteiger partial charge on any atom is 0.277 e. The summed E-state index contributed by atoms with van der Waals surface area (Å²) in [4.78, 5) is 24.9. The van der Waals surface area contributed by atoms with Crippen LogP contribution < -0.4 is 10.6 Å². The van der Waals surface area contributed by atoms with E-state index >= 15 is 0 Å². The molecule has 1 saturated heterocycles. The Morgan fingerprint density at radius 1 is 1.32 bits per heavy atom. The van der Waals surface area contributed by atoms with E-state index in [0.717, 1.165) is 37.2 Å². The van der Waals surface area contributed by atoms with Crippen LogP contribution in [0.15, 0.2) is 30.7 Å². The van der Waals surface area contributed by atoms with Crippen LogP contribution in [0.3, 0.4) is 0 Å². The number of carbonyl (C=O) groups excluding carboxylic acids is 1. The highest BCUT2D eigenvalue weighted by Gasteiger charge is 2.17. The first-order valence-corrected chi connectivity index (χ1v) is 7.49. The molecule has 2 aromatic heterocycles. The molecule has 6 nitrogen and oxygen atoms in total. The molecule has 1 amide bonds. The number of aryl methyl sites for hydroxylation is 1. The summed E-state index contributed by atoms with van der Waals surface area (Å²) in [5.41, 5.74) is 2.28. The molecule has 0 spiro atoms. The molecule has 0 radical (unpaired) electrons. The number of anilines is 1. The first-order chi connectivity index (χ1) is 10.7. The molecule has 1 atom stereocenters. The summed E-state index contributed by atoms with van der Waals surface area (Å²) in [5, 5.41) is 6.09. The number of carbonyl (C=O) groups is 1. The summed E-state index contributed by atoms with van der Waals surface area (Å²) in [6.07, 6.45) is 7.16. The molecule has 3 heterocycles. The standard InChI is InChI=1S/C16H19N5O/c1-11-4-6-18-15(7-11)21-16(22)14-10-19-13(9-20-14)12-3-2-5-17-8-12/h4,6-7,9-10,12,17H,2-3,5,8H2,1H3,(H,18,21,22)/t12-/m0/s1. The van der Waals surface area contributed by atoms with Gasteiger partial charge in [-0.05, 0) is 44.0 Å². The van der Waals surface area contributed by atoms with Gasteiger partial charge in [0.1, 0.15) is 11.5 Å². The number of pyridine rings is 1. The van der Waals surface area contributed by atoms with Gasteiger partial charge in [0.05, 0.1) is 11.9 Å². The van der Waals surface area contributed by atoms with Crippen LogP contribution in [0.2, 0.25) is 0 Å². The van der Waals surface area contributed by atoms with E-state index in [9.17, 15) is 4.79 Å². The molecule has 1 aliphatic rings. The number of nitrogens with zero attached hydrogens (tertiary/aromatic N) is 3. The summed E-state index contributed by atoms with van der Waals surface area (Å²) in [7, 11) is 0. The molecule has 0 aromatic carbocycles. The molecule has 6 heteroatoms. The average molecular weight is 297 g/mol. The van der Waals surface area contributed by atoms with Crippen molar-refractivity contribution < 1.29 is 4.79 Å². The molecule has 1 aliphatic heterocycles. The number of nitrogens with one attached hydrogen (secondary N) is 2. The third-order valence-electron chi connectivity index (χ3n) is 3.78. The van der Waals surface area contributed by atoms with Gasteiger partial charge < -0.3 is 10.6 Å². The fourth-order valence-corrected chi connectivity index (χ4v) is 2.56. The van der Waals surface area contributed by atoms with Crippen molar-refractivity contribution >= 4 is 11.7 Å². The van der Waals surface area contributed by atoms with Crippen molar-refractivity contribution in [3.8, 4) is 0 Å². The Balaban J connectivity index is 1.68. The molecule has 3 rings (SSSR count). The van der Waals surface area contributed by atoms with E-state index < -0.39 is 0 Å². The van der Waals surface area contributed by atoms with Crippen molar-refractivity contribution in [2.24, 2.45) is 0 Å². The zero-order chi connectivity index (χ0) is 15.4. The fraction of sp³-hybridized carbons (Fsp3) is 0.375. The van der Waals surface area contributed by atoms with E-state index in [1.54, 1.807) is 12.4 Å². The van der Waals surface area contributed by atoms with Gasteiger partial charge in [-0.25, -0.2) is 9.97 Å². The lowest BCUT2D eigenvalue weighted by Crippen LogP contribution is -2.29. The third-order valence-corrected chi connectivity index (χ3v) is 3.78. The molecule has 2 N–H and O–H groups in total. The number of piperidine rings is 1. The normalized spacial score (nSPS) is 18.0. The number of aromatic nitrogens is 3. The van der Waals surface area contributed by atoms with Crippen LogP contribution in [0.1, 0.15) is 40.5 Å². The van der Waals surface area contributed by atoms with Crippen molar-refractivity contribution in [3.63, 3.8) is 0 Å². The topological polar surface area (TPSA) is 79.8 Å². The summed E-state index contributed by atoms with van der Waals surface area (Å²) >= 11 is 0. The predicted octanol–water partition coefficient (Wildman–Crippen LogP) is 1.90. The van der Waals surface area contributed by atoms with E-state index in [0.29, 0.717) is 17.4 Å². The molecule has 1 fully saturated rings. The lowest BCUT2D eigenvalue weighted by Gasteiger charge is -2.21. The molecule has 0 aliphatic carbocycles. The van der Waals surface area contributed by atoms with Crippen LogP contribution in [-0.2, 0) is 0 Å². The highest BCUT2D eigenvalue weighted by atomic mass is 16.1. The maximum absolute atomic E-state index is 12.1. The molecule has 0 bridgehead atoms. The lowest BCUT2D eigenvalue weighted by atomic mass is 9.96. The van der Waals surface area contributed by atoms with Gasteiger partial charge in [-0.1, -0.05) is 0 Å². The smallest absolute Gasteiger partial charge is 0.277 e. The van der Waals surface area contributed by atoms with E-state index in [2.05, 4.69) is 25.6 Å². The summed E-state index contributed by atoms with van der Waals surface area (Å²) < 4.78 is 0. The summed E-state index contributed by atoms with van der Waals surface area (Å²) in [6.45, 7) is 3.94. The SMILES string of the molecule is Cc1ccnc(NC(=O)c2cnc([C@H]3CCCNC3)cn2)c1. The van der Waals surface area contributed by atoms with Crippen LogP contribution in [0.25, 0.3) is 0 Å². The summed E-state index contributed by atoms with van der Waals surface area (Å²) in [5.74, 6) is 0.614. The van der Waals surface area contributed by atoms with Gasteiger partial charge in [-0.15, -0.1) is 0 Å².